The standard InChI is InChI=1S/C16H13BrN2O5S/c1-10-2-7-14(13(17)8-10)18-15(20)9-25(23,24)16(18)11-3-5-12(6-4-11)19(21)22/h2-8,16H,9H2,1H3. The topological polar surface area (TPSA) is 97.6 Å². The molecule has 3 rings (SSSR count). The zero-order chi connectivity index (χ0) is 18.4. The van der Waals surface area contributed by atoms with E-state index < -0.39 is 31.8 Å². The van der Waals surface area contributed by atoms with Crippen molar-refractivity contribution in [2.45, 2.75) is 12.3 Å². The van der Waals surface area contributed by atoms with Gasteiger partial charge in [0.15, 0.2) is 15.2 Å². The zero-order valence-corrected chi connectivity index (χ0v) is 15.5. The fraction of sp³-hybridized carbons (Fsp3) is 0.188. The summed E-state index contributed by atoms with van der Waals surface area (Å²) in [6.45, 7) is 1.88. The molecule has 1 atom stereocenters. The molecule has 0 spiro atoms. The van der Waals surface area contributed by atoms with Gasteiger partial charge in [0, 0.05) is 16.6 Å². The number of carbonyl (C=O) groups is 1. The molecule has 0 aliphatic carbocycles. The first kappa shape index (κ1) is 17.6. The molecule has 2 aromatic rings. The van der Waals surface area contributed by atoms with Gasteiger partial charge in [-0.15, -0.1) is 0 Å². The second kappa shape index (κ2) is 6.23. The molecule has 130 valence electrons. The van der Waals surface area contributed by atoms with Crippen molar-refractivity contribution in [3.05, 3.63) is 68.2 Å². The van der Waals surface area contributed by atoms with Crippen LogP contribution in [-0.2, 0) is 14.6 Å². The first-order chi connectivity index (χ1) is 11.7. The molecule has 0 aromatic heterocycles. The Morgan fingerprint density at radius 1 is 1.20 bits per heavy atom. The maximum Gasteiger partial charge on any atom is 0.269 e. The Labute approximate surface area is 152 Å². The Bertz CT molecular complexity index is 973. The number of nitrogens with zero attached hydrogens (tertiary/aromatic N) is 2. The van der Waals surface area contributed by atoms with E-state index in [4.69, 9.17) is 0 Å². The zero-order valence-electron chi connectivity index (χ0n) is 13.0. The molecule has 0 bridgehead atoms. The average molecular weight is 425 g/mol. The molecule has 1 aliphatic heterocycles. The number of halogens is 1. The fourth-order valence-corrected chi connectivity index (χ4v) is 5.25. The van der Waals surface area contributed by atoms with E-state index >= 15 is 0 Å². The maximum absolute atomic E-state index is 12.5. The average Bonchev–Trinajstić information content (AvgIpc) is 2.76. The van der Waals surface area contributed by atoms with Crippen molar-refractivity contribution in [1.29, 1.82) is 0 Å². The summed E-state index contributed by atoms with van der Waals surface area (Å²) in [6, 6.07) is 10.5. The lowest BCUT2D eigenvalue weighted by atomic mass is 10.1. The van der Waals surface area contributed by atoms with Gasteiger partial charge in [0.2, 0.25) is 5.91 Å². The summed E-state index contributed by atoms with van der Waals surface area (Å²) in [5, 5.41) is 9.58. The highest BCUT2D eigenvalue weighted by Gasteiger charge is 2.46. The summed E-state index contributed by atoms with van der Waals surface area (Å²) in [5.74, 6) is -1.14. The van der Waals surface area contributed by atoms with Gasteiger partial charge in [0.1, 0.15) is 5.75 Å². The van der Waals surface area contributed by atoms with Gasteiger partial charge in [-0.3, -0.25) is 19.8 Å². The third kappa shape index (κ3) is 3.16. The summed E-state index contributed by atoms with van der Waals surface area (Å²) in [7, 11) is -3.76. The quantitative estimate of drug-likeness (QED) is 0.556. The molecule has 1 heterocycles. The highest BCUT2D eigenvalue weighted by atomic mass is 79.9. The monoisotopic (exact) mass is 424 g/mol. The van der Waals surface area contributed by atoms with Crippen LogP contribution in [0, 0.1) is 17.0 Å². The number of rotatable bonds is 3. The molecule has 1 aliphatic rings. The van der Waals surface area contributed by atoms with Crippen LogP contribution in [0.3, 0.4) is 0 Å². The molecule has 0 saturated carbocycles. The number of nitro groups is 1. The molecule has 0 N–H and O–H groups in total. The largest absolute Gasteiger partial charge is 0.289 e. The van der Waals surface area contributed by atoms with Crippen molar-refractivity contribution >= 4 is 43.0 Å². The number of amides is 1. The number of nitro benzene ring substituents is 1. The number of carbonyl (C=O) groups excluding carboxylic acids is 1. The molecule has 9 heteroatoms. The van der Waals surface area contributed by atoms with Gasteiger partial charge in [-0.25, -0.2) is 8.42 Å². The van der Waals surface area contributed by atoms with Gasteiger partial charge >= 0.3 is 0 Å². The highest BCUT2D eigenvalue weighted by Crippen LogP contribution is 2.41. The summed E-state index contributed by atoms with van der Waals surface area (Å²) in [4.78, 5) is 23.9. The number of anilines is 1. The van der Waals surface area contributed by atoms with Crippen LogP contribution >= 0.6 is 15.9 Å². The fourth-order valence-electron chi connectivity index (χ4n) is 2.80. The van der Waals surface area contributed by atoms with Gasteiger partial charge in [-0.2, -0.15) is 0 Å². The van der Waals surface area contributed by atoms with Crippen molar-refractivity contribution in [2.24, 2.45) is 0 Å². The van der Waals surface area contributed by atoms with E-state index in [1.54, 1.807) is 18.2 Å². The molecular formula is C16H13BrN2O5S. The molecule has 25 heavy (non-hydrogen) atoms. The molecule has 7 nitrogen and oxygen atoms in total. The lowest BCUT2D eigenvalue weighted by Crippen LogP contribution is -2.29. The first-order valence-electron chi connectivity index (χ1n) is 7.25. The SMILES string of the molecule is Cc1ccc(N2C(=O)CS(=O)(=O)C2c2ccc([N+](=O)[O-])cc2)c(Br)c1. The van der Waals surface area contributed by atoms with Crippen molar-refractivity contribution in [2.75, 3.05) is 10.7 Å². The molecule has 1 amide bonds. The van der Waals surface area contributed by atoms with E-state index in [-0.39, 0.29) is 5.69 Å². The third-order valence-electron chi connectivity index (χ3n) is 3.92. The Morgan fingerprint density at radius 3 is 2.40 bits per heavy atom. The Kier molecular flexibility index (Phi) is 4.38. The Hall–Kier alpha value is -2.26. The smallest absolute Gasteiger partial charge is 0.269 e. The van der Waals surface area contributed by atoms with E-state index in [0.717, 1.165) is 5.56 Å². The molecule has 1 saturated heterocycles. The minimum absolute atomic E-state index is 0.145. The molecule has 1 fully saturated rings. The first-order valence-corrected chi connectivity index (χ1v) is 9.76. The van der Waals surface area contributed by atoms with Crippen LogP contribution < -0.4 is 4.90 Å². The molecule has 0 radical (unpaired) electrons. The Balaban J connectivity index is 2.13. The maximum atomic E-state index is 12.5. The van der Waals surface area contributed by atoms with Gasteiger partial charge in [-0.1, -0.05) is 6.07 Å². The second-order valence-electron chi connectivity index (χ2n) is 5.73. The molecule has 2 aromatic carbocycles. The van der Waals surface area contributed by atoms with Crippen LogP contribution in [0.5, 0.6) is 0 Å². The molecular weight excluding hydrogens is 412 g/mol. The predicted molar refractivity (Wildman–Crippen MR) is 96.0 cm³/mol. The van der Waals surface area contributed by atoms with Gasteiger partial charge in [-0.05, 0) is 58.2 Å². The van der Waals surface area contributed by atoms with Crippen LogP contribution in [0.2, 0.25) is 0 Å². The highest BCUT2D eigenvalue weighted by molar-refractivity contribution is 9.10. The summed E-state index contributed by atoms with van der Waals surface area (Å²) >= 11 is 3.37. The van der Waals surface area contributed by atoms with E-state index in [9.17, 15) is 23.3 Å². The lowest BCUT2D eigenvalue weighted by Gasteiger charge is -2.25. The van der Waals surface area contributed by atoms with Gasteiger partial charge in [0.25, 0.3) is 5.69 Å². The number of hydrogen-bond donors (Lipinski definition) is 0. The van der Waals surface area contributed by atoms with E-state index in [0.29, 0.717) is 15.7 Å². The number of non-ortho nitro benzene ring substituents is 1. The third-order valence-corrected chi connectivity index (χ3v) is 6.37. The van der Waals surface area contributed by atoms with Crippen LogP contribution in [0.4, 0.5) is 11.4 Å². The Morgan fingerprint density at radius 2 is 1.84 bits per heavy atom. The van der Waals surface area contributed by atoms with Crippen molar-refractivity contribution < 1.29 is 18.1 Å². The van der Waals surface area contributed by atoms with Crippen molar-refractivity contribution in [3.8, 4) is 0 Å². The summed E-state index contributed by atoms with van der Waals surface area (Å²) in [5.41, 5.74) is 1.56. The number of sulfone groups is 1. The van der Waals surface area contributed by atoms with Crippen LogP contribution in [0.15, 0.2) is 46.9 Å². The summed E-state index contributed by atoms with van der Waals surface area (Å²) in [6.07, 6.45) is 0. The summed E-state index contributed by atoms with van der Waals surface area (Å²) < 4.78 is 25.7. The van der Waals surface area contributed by atoms with Crippen LogP contribution in [0.1, 0.15) is 16.5 Å². The normalized spacial score (nSPS) is 19.2. The van der Waals surface area contributed by atoms with E-state index in [2.05, 4.69) is 15.9 Å². The number of benzene rings is 2. The minimum atomic E-state index is -3.76. The van der Waals surface area contributed by atoms with Crippen LogP contribution in [-0.4, -0.2) is 25.0 Å². The van der Waals surface area contributed by atoms with Crippen LogP contribution in [0.25, 0.3) is 0 Å². The second-order valence-corrected chi connectivity index (χ2v) is 8.64. The molecule has 1 unspecified atom stereocenters. The minimum Gasteiger partial charge on any atom is -0.289 e. The predicted octanol–water partition coefficient (Wildman–Crippen LogP) is 3.13. The number of hydrogen-bond acceptors (Lipinski definition) is 5. The van der Waals surface area contributed by atoms with Crippen molar-refractivity contribution in [1.82, 2.24) is 0 Å². The number of aryl methyl sites for hydroxylation is 1. The van der Waals surface area contributed by atoms with E-state index in [1.807, 2.05) is 6.92 Å². The lowest BCUT2D eigenvalue weighted by molar-refractivity contribution is -0.384. The van der Waals surface area contributed by atoms with Gasteiger partial charge in [0.05, 0.1) is 10.6 Å². The van der Waals surface area contributed by atoms with Crippen molar-refractivity contribution in [3.63, 3.8) is 0 Å². The van der Waals surface area contributed by atoms with E-state index in [1.165, 1.54) is 29.2 Å². The van der Waals surface area contributed by atoms with Gasteiger partial charge < -0.3 is 0 Å².